The van der Waals surface area contributed by atoms with Crippen molar-refractivity contribution in [3.63, 3.8) is 0 Å². The van der Waals surface area contributed by atoms with E-state index >= 15 is 0 Å². The Morgan fingerprint density at radius 1 is 1.16 bits per heavy atom. The van der Waals surface area contributed by atoms with Crippen LogP contribution in [0.1, 0.15) is 41.3 Å². The van der Waals surface area contributed by atoms with E-state index in [9.17, 15) is 14.4 Å². The molecule has 1 saturated heterocycles. The topological polar surface area (TPSA) is 79.0 Å². The molecule has 2 aromatic carbocycles. The lowest BCUT2D eigenvalue weighted by molar-refractivity contribution is -0.125. The predicted molar refractivity (Wildman–Crippen MR) is 117 cm³/mol. The van der Waals surface area contributed by atoms with Crippen molar-refractivity contribution in [2.75, 3.05) is 24.6 Å². The van der Waals surface area contributed by atoms with Crippen molar-refractivity contribution in [2.24, 2.45) is 0 Å². The molecule has 7 nitrogen and oxygen atoms in total. The fourth-order valence-corrected chi connectivity index (χ4v) is 4.40. The smallest absolute Gasteiger partial charge is 0.256 e. The van der Waals surface area contributed by atoms with Crippen molar-refractivity contribution in [3.05, 3.63) is 59.2 Å². The van der Waals surface area contributed by atoms with E-state index in [0.717, 1.165) is 23.3 Å². The molecule has 2 aliphatic heterocycles. The molecule has 0 unspecified atom stereocenters. The van der Waals surface area contributed by atoms with Gasteiger partial charge in [-0.15, -0.1) is 0 Å². The Labute approximate surface area is 182 Å². The summed E-state index contributed by atoms with van der Waals surface area (Å²) in [6, 6.07) is 12.4. The van der Waals surface area contributed by atoms with Crippen molar-refractivity contribution in [1.82, 2.24) is 10.2 Å². The Bertz CT molecular complexity index is 1020. The van der Waals surface area contributed by atoms with E-state index in [-0.39, 0.29) is 24.3 Å². The van der Waals surface area contributed by atoms with E-state index in [2.05, 4.69) is 5.32 Å². The molecule has 1 fully saturated rings. The van der Waals surface area contributed by atoms with Gasteiger partial charge in [-0.05, 0) is 44.4 Å². The van der Waals surface area contributed by atoms with E-state index in [1.807, 2.05) is 50.2 Å². The van der Waals surface area contributed by atoms with Crippen LogP contribution < -0.4 is 15.0 Å². The van der Waals surface area contributed by atoms with Crippen LogP contribution in [-0.2, 0) is 16.1 Å². The first-order valence-corrected chi connectivity index (χ1v) is 10.7. The predicted octanol–water partition coefficient (Wildman–Crippen LogP) is 2.66. The lowest BCUT2D eigenvalue weighted by Gasteiger charge is -2.26. The first kappa shape index (κ1) is 20.9. The highest BCUT2D eigenvalue weighted by molar-refractivity contribution is 6.13. The van der Waals surface area contributed by atoms with Gasteiger partial charge in [0, 0.05) is 18.7 Å². The summed E-state index contributed by atoms with van der Waals surface area (Å²) in [7, 11) is 0. The fourth-order valence-electron chi connectivity index (χ4n) is 4.40. The van der Waals surface area contributed by atoms with Crippen molar-refractivity contribution in [3.8, 4) is 5.75 Å². The number of carbonyl (C=O) groups excluding carboxylic acids is 3. The zero-order valence-corrected chi connectivity index (χ0v) is 17.9. The van der Waals surface area contributed by atoms with Gasteiger partial charge in [0.05, 0.1) is 17.9 Å². The van der Waals surface area contributed by atoms with Gasteiger partial charge < -0.3 is 19.9 Å². The highest BCUT2D eigenvalue weighted by Gasteiger charge is 2.42. The van der Waals surface area contributed by atoms with Crippen molar-refractivity contribution in [2.45, 2.75) is 39.3 Å². The Morgan fingerprint density at radius 3 is 2.77 bits per heavy atom. The second-order valence-electron chi connectivity index (χ2n) is 7.87. The molecule has 0 aromatic heterocycles. The summed E-state index contributed by atoms with van der Waals surface area (Å²) in [6.45, 7) is 5.04. The highest BCUT2D eigenvalue weighted by atomic mass is 16.5. The number of carbonyl (C=O) groups is 3. The lowest BCUT2D eigenvalue weighted by Crippen LogP contribution is -2.48. The number of para-hydroxylation sites is 2. The molecule has 0 bridgehead atoms. The normalized spacial score (nSPS) is 17.8. The standard InChI is InChI=1S/C24H27N3O4/c1-3-31-20-12-5-4-9-17(20)14-25-21(28)15-27-22-16(2)8-6-10-18(22)23(29)26-13-7-11-19(26)24(27)30/h4-6,8-10,12,19H,3,7,11,13-15H2,1-2H3,(H,25,28)/t19-/m0/s1. The third kappa shape index (κ3) is 4.00. The van der Waals surface area contributed by atoms with Crippen LogP contribution in [-0.4, -0.2) is 48.4 Å². The van der Waals surface area contributed by atoms with Gasteiger partial charge in [0.1, 0.15) is 18.3 Å². The van der Waals surface area contributed by atoms with Gasteiger partial charge >= 0.3 is 0 Å². The Morgan fingerprint density at radius 2 is 1.97 bits per heavy atom. The summed E-state index contributed by atoms with van der Waals surface area (Å²) < 4.78 is 5.62. The van der Waals surface area contributed by atoms with Crippen LogP contribution in [0.4, 0.5) is 5.69 Å². The van der Waals surface area contributed by atoms with Gasteiger partial charge in [0.25, 0.3) is 5.91 Å². The SMILES string of the molecule is CCOc1ccccc1CNC(=O)CN1C(=O)[C@@H]2CCCN2C(=O)c2cccc(C)c21. The summed E-state index contributed by atoms with van der Waals surface area (Å²) in [4.78, 5) is 42.5. The molecule has 0 spiro atoms. The van der Waals surface area contributed by atoms with Crippen LogP contribution in [0.15, 0.2) is 42.5 Å². The van der Waals surface area contributed by atoms with Gasteiger partial charge in [0.15, 0.2) is 0 Å². The highest BCUT2D eigenvalue weighted by Crippen LogP contribution is 2.34. The first-order valence-electron chi connectivity index (χ1n) is 10.7. The summed E-state index contributed by atoms with van der Waals surface area (Å²) in [6.07, 6.45) is 1.41. The number of rotatable bonds is 6. The van der Waals surface area contributed by atoms with E-state index in [0.29, 0.717) is 37.4 Å². The number of aryl methyl sites for hydroxylation is 1. The summed E-state index contributed by atoms with van der Waals surface area (Å²) in [5, 5.41) is 2.90. The second kappa shape index (κ2) is 8.79. The van der Waals surface area contributed by atoms with E-state index in [1.165, 1.54) is 4.90 Å². The summed E-state index contributed by atoms with van der Waals surface area (Å²) >= 11 is 0. The number of ether oxygens (including phenoxy) is 1. The Kier molecular flexibility index (Phi) is 5.93. The molecule has 2 aliphatic rings. The third-order valence-corrected chi connectivity index (χ3v) is 5.85. The monoisotopic (exact) mass is 421 g/mol. The molecule has 0 radical (unpaired) electrons. The molecule has 7 heteroatoms. The molecule has 4 rings (SSSR count). The summed E-state index contributed by atoms with van der Waals surface area (Å²) in [5.74, 6) is 0.115. The van der Waals surface area contributed by atoms with Gasteiger partial charge in [-0.1, -0.05) is 30.3 Å². The van der Waals surface area contributed by atoms with Crippen LogP contribution in [0.2, 0.25) is 0 Å². The molecule has 2 aromatic rings. The average Bonchev–Trinajstić information content (AvgIpc) is 3.23. The van der Waals surface area contributed by atoms with Crippen molar-refractivity contribution >= 4 is 23.4 Å². The molecule has 1 atom stereocenters. The molecule has 162 valence electrons. The van der Waals surface area contributed by atoms with Crippen molar-refractivity contribution < 1.29 is 19.1 Å². The number of hydrogen-bond donors (Lipinski definition) is 1. The summed E-state index contributed by atoms with van der Waals surface area (Å²) in [5.41, 5.74) is 2.69. The minimum atomic E-state index is -0.509. The molecule has 1 N–H and O–H groups in total. The first-order chi connectivity index (χ1) is 15.0. The zero-order chi connectivity index (χ0) is 22.0. The average molecular weight is 421 g/mol. The van der Waals surface area contributed by atoms with Crippen LogP contribution in [0, 0.1) is 6.92 Å². The van der Waals surface area contributed by atoms with Crippen LogP contribution >= 0.6 is 0 Å². The van der Waals surface area contributed by atoms with Gasteiger partial charge in [-0.25, -0.2) is 0 Å². The molecule has 31 heavy (non-hydrogen) atoms. The number of nitrogens with one attached hydrogen (secondary N) is 1. The molecule has 0 aliphatic carbocycles. The van der Waals surface area contributed by atoms with Gasteiger partial charge in [-0.2, -0.15) is 0 Å². The number of hydrogen-bond acceptors (Lipinski definition) is 4. The molecular weight excluding hydrogens is 394 g/mol. The van der Waals surface area contributed by atoms with E-state index < -0.39 is 6.04 Å². The molecule has 2 heterocycles. The molecule has 3 amide bonds. The second-order valence-corrected chi connectivity index (χ2v) is 7.87. The van der Waals surface area contributed by atoms with Crippen LogP contribution in [0.25, 0.3) is 0 Å². The number of fused-ring (bicyclic) bond motifs is 2. The number of anilines is 1. The lowest BCUT2D eigenvalue weighted by atomic mass is 10.1. The Balaban J connectivity index is 1.57. The van der Waals surface area contributed by atoms with Crippen molar-refractivity contribution in [1.29, 1.82) is 0 Å². The van der Waals surface area contributed by atoms with Gasteiger partial charge in [-0.3, -0.25) is 14.4 Å². The fraction of sp³-hybridized carbons (Fsp3) is 0.375. The van der Waals surface area contributed by atoms with Crippen LogP contribution in [0.5, 0.6) is 5.75 Å². The Hall–Kier alpha value is -3.35. The third-order valence-electron chi connectivity index (χ3n) is 5.85. The van der Waals surface area contributed by atoms with E-state index in [4.69, 9.17) is 4.74 Å². The van der Waals surface area contributed by atoms with E-state index in [1.54, 1.807) is 11.0 Å². The number of benzene rings is 2. The number of amides is 3. The molecule has 0 saturated carbocycles. The quantitative estimate of drug-likeness (QED) is 0.778. The maximum absolute atomic E-state index is 13.4. The minimum absolute atomic E-state index is 0.134. The number of nitrogens with zero attached hydrogens (tertiary/aromatic N) is 2. The zero-order valence-electron chi connectivity index (χ0n) is 17.9. The largest absolute Gasteiger partial charge is 0.494 e. The van der Waals surface area contributed by atoms with Gasteiger partial charge in [0.2, 0.25) is 11.8 Å². The maximum atomic E-state index is 13.4. The minimum Gasteiger partial charge on any atom is -0.494 e. The van der Waals surface area contributed by atoms with Crippen LogP contribution in [0.3, 0.4) is 0 Å². The molecular formula is C24H27N3O4. The maximum Gasteiger partial charge on any atom is 0.256 e.